The molecule has 0 unspecified atom stereocenters. The van der Waals surface area contributed by atoms with Crippen LogP contribution in [-0.4, -0.2) is 42.3 Å². The molecule has 3 rings (SSSR count). The van der Waals surface area contributed by atoms with E-state index in [1.54, 1.807) is 30.5 Å². The molecule has 1 atom stereocenters. The van der Waals surface area contributed by atoms with Crippen molar-refractivity contribution >= 4 is 28.9 Å². The first-order valence-electron chi connectivity index (χ1n) is 9.40. The maximum atomic E-state index is 12.4. The van der Waals surface area contributed by atoms with Gasteiger partial charge in [-0.2, -0.15) is 5.26 Å². The number of ketones is 2. The molecule has 0 amide bonds. The second-order valence-electron chi connectivity index (χ2n) is 6.65. The van der Waals surface area contributed by atoms with E-state index < -0.39 is 24.3 Å². The minimum atomic E-state index is -1.07. The molecule has 0 aliphatic carbocycles. The van der Waals surface area contributed by atoms with Crippen LogP contribution in [-0.2, 0) is 14.3 Å². The molecule has 2 heterocycles. The second kappa shape index (κ2) is 9.98. The fourth-order valence-electron chi connectivity index (χ4n) is 2.77. The lowest BCUT2D eigenvalue weighted by Gasteiger charge is -2.09. The van der Waals surface area contributed by atoms with Crippen LogP contribution in [0.1, 0.15) is 46.2 Å². The Kier molecular flexibility index (Phi) is 7.14. The highest BCUT2D eigenvalue weighted by Gasteiger charge is 2.24. The zero-order valence-electron chi connectivity index (χ0n) is 16.4. The van der Waals surface area contributed by atoms with Crippen LogP contribution in [0.15, 0.2) is 23.6 Å². The molecule has 30 heavy (non-hydrogen) atoms. The van der Waals surface area contributed by atoms with E-state index in [1.807, 2.05) is 6.07 Å². The number of hydrogen-bond donors (Lipinski definition) is 0. The Morgan fingerprint density at radius 1 is 1.23 bits per heavy atom. The van der Waals surface area contributed by atoms with Gasteiger partial charge in [-0.15, -0.1) is 11.3 Å². The van der Waals surface area contributed by atoms with Crippen molar-refractivity contribution in [3.05, 3.63) is 39.8 Å². The van der Waals surface area contributed by atoms with Gasteiger partial charge in [0.1, 0.15) is 5.01 Å². The van der Waals surface area contributed by atoms with Crippen LogP contribution in [0.2, 0.25) is 0 Å². The number of fused-ring (bicyclic) bond motifs is 1. The van der Waals surface area contributed by atoms with Crippen molar-refractivity contribution in [2.45, 2.75) is 32.1 Å². The SMILES string of the molecule is Cc1csc([C@H](C#N)C(=O)COC(=O)CCC(=O)c2ccc3c(c2)OCCCO3)n1. The number of aryl methyl sites for hydroxylation is 1. The van der Waals surface area contributed by atoms with Crippen LogP contribution in [0, 0.1) is 18.3 Å². The molecule has 1 aromatic carbocycles. The third kappa shape index (κ3) is 5.42. The number of aromatic nitrogens is 1. The third-order valence-corrected chi connectivity index (χ3v) is 5.36. The number of benzene rings is 1. The van der Waals surface area contributed by atoms with E-state index in [2.05, 4.69) is 4.98 Å². The number of nitrogens with zero attached hydrogens (tertiary/aromatic N) is 2. The number of ether oxygens (including phenoxy) is 3. The number of esters is 1. The van der Waals surface area contributed by atoms with Gasteiger partial charge in [0.2, 0.25) is 0 Å². The van der Waals surface area contributed by atoms with Crippen molar-refractivity contribution in [2.24, 2.45) is 0 Å². The molecular formula is C21H20N2O6S. The molecule has 2 aromatic rings. The topological polar surface area (TPSA) is 116 Å². The molecule has 0 bridgehead atoms. The van der Waals surface area contributed by atoms with E-state index in [0.717, 1.165) is 6.42 Å². The molecule has 156 valence electrons. The normalized spacial score (nSPS) is 13.6. The van der Waals surface area contributed by atoms with Gasteiger partial charge >= 0.3 is 5.97 Å². The highest BCUT2D eigenvalue weighted by molar-refractivity contribution is 7.09. The lowest BCUT2D eigenvalue weighted by Crippen LogP contribution is -2.20. The van der Waals surface area contributed by atoms with Crippen molar-refractivity contribution < 1.29 is 28.6 Å². The van der Waals surface area contributed by atoms with Crippen LogP contribution in [0.3, 0.4) is 0 Å². The average molecular weight is 428 g/mol. The molecule has 1 aromatic heterocycles. The number of thiazole rings is 1. The molecule has 0 spiro atoms. The Bertz CT molecular complexity index is 994. The molecule has 0 radical (unpaired) electrons. The minimum absolute atomic E-state index is 0.0694. The average Bonchev–Trinajstić information content (AvgIpc) is 3.02. The predicted molar refractivity (Wildman–Crippen MR) is 107 cm³/mol. The molecule has 8 nitrogen and oxygen atoms in total. The van der Waals surface area contributed by atoms with Crippen molar-refractivity contribution in [2.75, 3.05) is 19.8 Å². The van der Waals surface area contributed by atoms with E-state index >= 15 is 0 Å². The van der Waals surface area contributed by atoms with Gasteiger partial charge in [0.15, 0.2) is 35.6 Å². The zero-order valence-corrected chi connectivity index (χ0v) is 17.2. The first-order chi connectivity index (χ1) is 14.5. The summed E-state index contributed by atoms with van der Waals surface area (Å²) in [5.41, 5.74) is 1.13. The van der Waals surface area contributed by atoms with Crippen molar-refractivity contribution in [3.8, 4) is 17.6 Å². The van der Waals surface area contributed by atoms with E-state index in [0.29, 0.717) is 41.0 Å². The van der Waals surface area contributed by atoms with Gasteiger partial charge in [0, 0.05) is 29.5 Å². The van der Waals surface area contributed by atoms with Gasteiger partial charge in [-0.3, -0.25) is 14.4 Å². The van der Waals surface area contributed by atoms with E-state index in [-0.39, 0.29) is 18.6 Å². The number of carbonyl (C=O) groups is 3. The fourth-order valence-corrected chi connectivity index (χ4v) is 3.63. The standard InChI is InChI=1S/C21H20N2O6S/c1-13-12-30-21(23-13)15(10-22)17(25)11-29-20(26)6-4-16(24)14-3-5-18-19(9-14)28-8-2-7-27-18/h3,5,9,12,15H,2,4,6-8,11H2,1H3/t15-/m1/s1. The molecular weight excluding hydrogens is 408 g/mol. The molecule has 1 aliphatic heterocycles. The van der Waals surface area contributed by atoms with Crippen molar-refractivity contribution in [3.63, 3.8) is 0 Å². The first kappa shape index (κ1) is 21.5. The summed E-state index contributed by atoms with van der Waals surface area (Å²) >= 11 is 1.21. The lowest BCUT2D eigenvalue weighted by molar-refractivity contribution is -0.148. The summed E-state index contributed by atoms with van der Waals surface area (Å²) in [6.45, 7) is 2.29. The van der Waals surface area contributed by atoms with Gasteiger partial charge in [0.05, 0.1) is 25.7 Å². The number of nitriles is 1. The monoisotopic (exact) mass is 428 g/mol. The number of hydrogen-bond acceptors (Lipinski definition) is 9. The summed E-state index contributed by atoms with van der Waals surface area (Å²) in [7, 11) is 0. The van der Waals surface area contributed by atoms with Gasteiger partial charge in [-0.1, -0.05) is 0 Å². The highest BCUT2D eigenvalue weighted by Crippen LogP contribution is 2.31. The smallest absolute Gasteiger partial charge is 0.306 e. The Morgan fingerprint density at radius 3 is 2.70 bits per heavy atom. The number of carbonyl (C=O) groups excluding carboxylic acids is 3. The maximum absolute atomic E-state index is 12.4. The van der Waals surface area contributed by atoms with Gasteiger partial charge in [-0.05, 0) is 25.1 Å². The summed E-state index contributed by atoms with van der Waals surface area (Å²) in [6, 6.07) is 6.79. The zero-order chi connectivity index (χ0) is 21.5. The minimum Gasteiger partial charge on any atom is -0.490 e. The molecule has 0 fully saturated rings. The summed E-state index contributed by atoms with van der Waals surface area (Å²) in [5.74, 6) is -1.45. The van der Waals surface area contributed by atoms with Gasteiger partial charge in [0.25, 0.3) is 0 Å². The number of Topliss-reactive ketones (excluding diaryl/α,β-unsaturated/α-hetero) is 2. The largest absolute Gasteiger partial charge is 0.490 e. The van der Waals surface area contributed by atoms with Crippen molar-refractivity contribution in [1.29, 1.82) is 5.26 Å². The van der Waals surface area contributed by atoms with E-state index in [4.69, 9.17) is 14.2 Å². The molecule has 0 saturated carbocycles. The Hall–Kier alpha value is -3.25. The van der Waals surface area contributed by atoms with Gasteiger partial charge < -0.3 is 14.2 Å². The Morgan fingerprint density at radius 2 is 2.00 bits per heavy atom. The first-order valence-corrected chi connectivity index (χ1v) is 10.3. The van der Waals surface area contributed by atoms with Crippen LogP contribution in [0.5, 0.6) is 11.5 Å². The molecule has 0 saturated heterocycles. The lowest BCUT2D eigenvalue weighted by atomic mass is 10.1. The number of rotatable bonds is 8. The molecule has 1 aliphatic rings. The quantitative estimate of drug-likeness (QED) is 0.465. The second-order valence-corrected chi connectivity index (χ2v) is 7.54. The van der Waals surface area contributed by atoms with Crippen LogP contribution in [0.25, 0.3) is 0 Å². The van der Waals surface area contributed by atoms with Crippen molar-refractivity contribution in [1.82, 2.24) is 4.98 Å². The summed E-state index contributed by atoms with van der Waals surface area (Å²) in [5, 5.41) is 11.3. The maximum Gasteiger partial charge on any atom is 0.306 e. The highest BCUT2D eigenvalue weighted by atomic mass is 32.1. The summed E-state index contributed by atoms with van der Waals surface area (Å²) in [4.78, 5) is 40.6. The predicted octanol–water partition coefficient (Wildman–Crippen LogP) is 3.00. The molecule has 9 heteroatoms. The summed E-state index contributed by atoms with van der Waals surface area (Å²) in [6.07, 6.45) is 0.519. The fraction of sp³-hybridized carbons (Fsp3) is 0.381. The van der Waals surface area contributed by atoms with Crippen LogP contribution in [0.4, 0.5) is 0 Å². The van der Waals surface area contributed by atoms with E-state index in [1.165, 1.54) is 11.3 Å². The van der Waals surface area contributed by atoms with Crippen LogP contribution >= 0.6 is 11.3 Å². The Balaban J connectivity index is 1.48. The Labute approximate surface area is 177 Å². The molecule has 0 N–H and O–H groups in total. The van der Waals surface area contributed by atoms with Gasteiger partial charge in [-0.25, -0.2) is 4.98 Å². The third-order valence-electron chi connectivity index (χ3n) is 4.34. The van der Waals surface area contributed by atoms with Crippen LogP contribution < -0.4 is 9.47 Å². The van der Waals surface area contributed by atoms with E-state index in [9.17, 15) is 19.6 Å². The summed E-state index contributed by atoms with van der Waals surface area (Å²) < 4.78 is 16.0.